The van der Waals surface area contributed by atoms with E-state index in [1.807, 2.05) is 32.9 Å². The number of aryl methyl sites for hydroxylation is 2. The highest BCUT2D eigenvalue weighted by Crippen LogP contribution is 2.14. The van der Waals surface area contributed by atoms with Crippen LogP contribution in [0.5, 0.6) is 5.88 Å². The second-order valence-corrected chi connectivity index (χ2v) is 4.97. The Labute approximate surface area is 159 Å². The molecule has 0 aliphatic carbocycles. The van der Waals surface area contributed by atoms with Crippen molar-refractivity contribution in [1.29, 1.82) is 0 Å². The third kappa shape index (κ3) is 5.66. The average Bonchev–Trinajstić information content (AvgIpc) is 2.88. The topological polar surface area (TPSA) is 84.6 Å². The minimum atomic E-state index is 0. The van der Waals surface area contributed by atoms with Crippen LogP contribution < -0.4 is 15.4 Å². The maximum Gasteiger partial charge on any atom is 0.218 e. The second-order valence-electron chi connectivity index (χ2n) is 4.97. The highest BCUT2D eigenvalue weighted by atomic mass is 127. The Kier molecular flexibility index (Phi) is 8.51. The normalized spacial score (nSPS) is 10.9. The number of pyridine rings is 1. The van der Waals surface area contributed by atoms with Crippen LogP contribution in [0.15, 0.2) is 27.7 Å². The zero-order valence-electron chi connectivity index (χ0n) is 14.4. The van der Waals surface area contributed by atoms with Gasteiger partial charge >= 0.3 is 0 Å². The molecule has 2 heterocycles. The predicted octanol–water partition coefficient (Wildman–Crippen LogP) is 2.57. The summed E-state index contributed by atoms with van der Waals surface area (Å²) in [7, 11) is 1.60. The predicted molar refractivity (Wildman–Crippen MR) is 104 cm³/mol. The Morgan fingerprint density at radius 2 is 2.12 bits per heavy atom. The van der Waals surface area contributed by atoms with E-state index < -0.39 is 0 Å². The van der Waals surface area contributed by atoms with Gasteiger partial charge in [0.1, 0.15) is 5.76 Å². The smallest absolute Gasteiger partial charge is 0.218 e. The number of guanidine groups is 1. The first-order valence-corrected chi connectivity index (χ1v) is 7.57. The number of oxazole rings is 1. The molecule has 2 rings (SSSR count). The Hall–Kier alpha value is -1.84. The van der Waals surface area contributed by atoms with Crippen LogP contribution in [0, 0.1) is 13.8 Å². The molecule has 2 N–H and O–H groups in total. The molecule has 0 bridgehead atoms. The van der Waals surface area contributed by atoms with Crippen LogP contribution in [0.3, 0.4) is 0 Å². The van der Waals surface area contributed by atoms with Crippen LogP contribution in [0.4, 0.5) is 0 Å². The van der Waals surface area contributed by atoms with E-state index in [2.05, 4.69) is 25.6 Å². The van der Waals surface area contributed by atoms with E-state index in [9.17, 15) is 0 Å². The number of methoxy groups -OCH3 is 1. The summed E-state index contributed by atoms with van der Waals surface area (Å²) in [4.78, 5) is 13.1. The van der Waals surface area contributed by atoms with Crippen LogP contribution in [0.2, 0.25) is 0 Å². The summed E-state index contributed by atoms with van der Waals surface area (Å²) >= 11 is 0. The molecule has 0 atom stereocenters. The number of aromatic nitrogens is 2. The standard InChI is InChI=1S/C16H23N5O2.HI/c1-5-17-16(20-10-14-21-11(2)12(3)23-14)19-9-13-7-6-8-18-15(13)22-4;/h6-8H,5,9-10H2,1-4H3,(H2,17,19,20);1H. The monoisotopic (exact) mass is 445 g/mol. The number of ether oxygens (including phenoxy) is 1. The Bertz CT molecular complexity index is 653. The van der Waals surface area contributed by atoms with E-state index in [4.69, 9.17) is 9.15 Å². The molecule has 132 valence electrons. The minimum absolute atomic E-state index is 0. The van der Waals surface area contributed by atoms with Gasteiger partial charge in [-0.15, -0.1) is 24.0 Å². The van der Waals surface area contributed by atoms with Gasteiger partial charge in [0.15, 0.2) is 5.96 Å². The molecule has 2 aromatic heterocycles. The van der Waals surface area contributed by atoms with Crippen molar-refractivity contribution in [1.82, 2.24) is 20.6 Å². The fraction of sp³-hybridized carbons (Fsp3) is 0.438. The van der Waals surface area contributed by atoms with Gasteiger partial charge in [-0.05, 0) is 26.8 Å². The lowest BCUT2D eigenvalue weighted by atomic mass is 10.3. The molecule has 2 aromatic rings. The highest BCUT2D eigenvalue weighted by Gasteiger charge is 2.07. The molecule has 0 aromatic carbocycles. The fourth-order valence-corrected chi connectivity index (χ4v) is 2.01. The van der Waals surface area contributed by atoms with Gasteiger partial charge in [-0.1, -0.05) is 6.07 Å². The first-order valence-electron chi connectivity index (χ1n) is 7.57. The molecule has 0 amide bonds. The van der Waals surface area contributed by atoms with E-state index >= 15 is 0 Å². The van der Waals surface area contributed by atoms with Crippen molar-refractivity contribution >= 4 is 29.9 Å². The molecule has 0 radical (unpaired) electrons. The van der Waals surface area contributed by atoms with Gasteiger partial charge < -0.3 is 19.8 Å². The van der Waals surface area contributed by atoms with Crippen molar-refractivity contribution in [3.8, 4) is 5.88 Å². The molecule has 7 nitrogen and oxygen atoms in total. The molecule has 0 aliphatic heterocycles. The Morgan fingerprint density at radius 1 is 1.33 bits per heavy atom. The van der Waals surface area contributed by atoms with E-state index in [1.54, 1.807) is 13.3 Å². The summed E-state index contributed by atoms with van der Waals surface area (Å²) in [6.45, 7) is 7.55. The number of hydrogen-bond donors (Lipinski definition) is 2. The number of nitrogens with one attached hydrogen (secondary N) is 2. The molecule has 0 unspecified atom stereocenters. The van der Waals surface area contributed by atoms with Crippen LogP contribution >= 0.6 is 24.0 Å². The van der Waals surface area contributed by atoms with Gasteiger partial charge in [-0.25, -0.2) is 15.0 Å². The average molecular weight is 445 g/mol. The molecule has 0 spiro atoms. The first-order chi connectivity index (χ1) is 11.1. The molecule has 24 heavy (non-hydrogen) atoms. The van der Waals surface area contributed by atoms with E-state index in [1.165, 1.54) is 0 Å². The number of aliphatic imine (C=N–C) groups is 1. The first kappa shape index (κ1) is 20.2. The summed E-state index contributed by atoms with van der Waals surface area (Å²) < 4.78 is 10.8. The van der Waals surface area contributed by atoms with Crippen molar-refractivity contribution < 1.29 is 9.15 Å². The number of halogens is 1. The lowest BCUT2D eigenvalue weighted by molar-refractivity contribution is 0.392. The largest absolute Gasteiger partial charge is 0.481 e. The van der Waals surface area contributed by atoms with E-state index in [0.717, 1.165) is 23.6 Å². The molecule has 0 saturated heterocycles. The summed E-state index contributed by atoms with van der Waals surface area (Å²) in [5.41, 5.74) is 1.83. The number of nitrogens with zero attached hydrogens (tertiary/aromatic N) is 3. The van der Waals surface area contributed by atoms with Gasteiger partial charge in [-0.2, -0.15) is 0 Å². The number of rotatable bonds is 6. The minimum Gasteiger partial charge on any atom is -0.481 e. The molecule has 8 heteroatoms. The van der Waals surface area contributed by atoms with E-state index in [0.29, 0.717) is 30.8 Å². The van der Waals surface area contributed by atoms with Crippen molar-refractivity contribution in [3.05, 3.63) is 41.2 Å². The van der Waals surface area contributed by atoms with Crippen LogP contribution in [0.25, 0.3) is 0 Å². The number of hydrogen-bond acceptors (Lipinski definition) is 5. The van der Waals surface area contributed by atoms with Crippen molar-refractivity contribution in [2.75, 3.05) is 13.7 Å². The van der Waals surface area contributed by atoms with Gasteiger partial charge in [0, 0.05) is 18.3 Å². The second kappa shape index (κ2) is 10.1. The van der Waals surface area contributed by atoms with E-state index in [-0.39, 0.29) is 24.0 Å². The fourth-order valence-electron chi connectivity index (χ4n) is 2.01. The Morgan fingerprint density at radius 3 is 2.75 bits per heavy atom. The zero-order chi connectivity index (χ0) is 16.7. The molecular formula is C16H24IN5O2. The maximum absolute atomic E-state index is 5.56. The molecular weight excluding hydrogens is 421 g/mol. The van der Waals surface area contributed by atoms with Crippen molar-refractivity contribution in [2.45, 2.75) is 33.9 Å². The summed E-state index contributed by atoms with van der Waals surface area (Å²) in [5.74, 6) is 2.76. The summed E-state index contributed by atoms with van der Waals surface area (Å²) in [6, 6.07) is 3.81. The molecule has 0 aliphatic rings. The van der Waals surface area contributed by atoms with Gasteiger partial charge in [-0.3, -0.25) is 0 Å². The van der Waals surface area contributed by atoms with Gasteiger partial charge in [0.05, 0.1) is 25.9 Å². The van der Waals surface area contributed by atoms with Crippen LogP contribution in [0.1, 0.15) is 29.8 Å². The summed E-state index contributed by atoms with van der Waals surface area (Å²) in [5, 5.41) is 6.40. The SMILES string of the molecule is CCNC(=NCc1cccnc1OC)NCc1nc(C)c(C)o1.I. The van der Waals surface area contributed by atoms with Crippen molar-refractivity contribution in [3.63, 3.8) is 0 Å². The molecule has 0 fully saturated rings. The summed E-state index contributed by atoms with van der Waals surface area (Å²) in [6.07, 6.45) is 1.70. The zero-order valence-corrected chi connectivity index (χ0v) is 16.8. The third-order valence-electron chi connectivity index (χ3n) is 3.27. The van der Waals surface area contributed by atoms with Crippen LogP contribution in [-0.4, -0.2) is 29.6 Å². The van der Waals surface area contributed by atoms with Crippen molar-refractivity contribution in [2.24, 2.45) is 4.99 Å². The molecule has 0 saturated carbocycles. The van der Waals surface area contributed by atoms with Gasteiger partial charge in [0.2, 0.25) is 11.8 Å². The quantitative estimate of drug-likeness (QED) is 0.404. The lowest BCUT2D eigenvalue weighted by Gasteiger charge is -2.10. The Balaban J connectivity index is 0.00000288. The maximum atomic E-state index is 5.56. The van der Waals surface area contributed by atoms with Gasteiger partial charge in [0.25, 0.3) is 0 Å². The highest BCUT2D eigenvalue weighted by molar-refractivity contribution is 14.0. The third-order valence-corrected chi connectivity index (χ3v) is 3.27. The van der Waals surface area contributed by atoms with Crippen LogP contribution in [-0.2, 0) is 13.1 Å². The lowest BCUT2D eigenvalue weighted by Crippen LogP contribution is -2.36.